The van der Waals surface area contributed by atoms with Gasteiger partial charge in [0, 0.05) is 51.0 Å². The second-order valence-corrected chi connectivity index (χ2v) is 9.86. The van der Waals surface area contributed by atoms with E-state index in [1.54, 1.807) is 28.6 Å². The van der Waals surface area contributed by atoms with Gasteiger partial charge in [-0.25, -0.2) is 9.97 Å². The van der Waals surface area contributed by atoms with Crippen LogP contribution < -0.4 is 10.5 Å². The third-order valence-corrected chi connectivity index (χ3v) is 7.88. The number of aromatic nitrogens is 6. The molecule has 1 aliphatic rings. The Balaban J connectivity index is 1.53. The van der Waals surface area contributed by atoms with Crippen molar-refractivity contribution in [1.29, 1.82) is 5.26 Å². The number of fused-ring (bicyclic) bond motifs is 2. The Morgan fingerprint density at radius 1 is 1.19 bits per heavy atom. The van der Waals surface area contributed by atoms with Gasteiger partial charge in [0.2, 0.25) is 0 Å². The van der Waals surface area contributed by atoms with E-state index in [2.05, 4.69) is 53.1 Å². The Kier molecular flexibility index (Phi) is 6.73. The van der Waals surface area contributed by atoms with E-state index in [1.807, 2.05) is 18.3 Å². The van der Waals surface area contributed by atoms with Gasteiger partial charge in [0.15, 0.2) is 5.65 Å². The summed E-state index contributed by atoms with van der Waals surface area (Å²) < 4.78 is 5.46. The molecule has 10 nitrogen and oxygen atoms in total. The predicted octanol–water partition coefficient (Wildman–Crippen LogP) is 3.46. The molecule has 37 heavy (non-hydrogen) atoms. The minimum absolute atomic E-state index is 0.0677. The van der Waals surface area contributed by atoms with Crippen LogP contribution in [0.2, 0.25) is 0 Å². The summed E-state index contributed by atoms with van der Waals surface area (Å²) >= 11 is 0. The zero-order valence-corrected chi connectivity index (χ0v) is 22.3. The summed E-state index contributed by atoms with van der Waals surface area (Å²) in [4.78, 5) is 27.5. The standard InChI is InChI=1S/C27H35N9O/c1-6-19-16-36(22-14-24(37)32(5)23-17-33(13-11-28)31-25(22)23)20(7-2)15-35(19)18(4)26-30-21-10-9-12-29-27(21)34(26)8-3/h9-10,12,14,17-20H,6-8,13,15-16H2,1-5H3/t18?,19-,20+/m1/s1. The van der Waals surface area contributed by atoms with Crippen molar-refractivity contribution in [1.82, 2.24) is 33.8 Å². The zero-order chi connectivity index (χ0) is 26.3. The van der Waals surface area contributed by atoms with Crippen LogP contribution in [0.15, 0.2) is 35.4 Å². The lowest BCUT2D eigenvalue weighted by Gasteiger charge is -2.49. The minimum atomic E-state index is -0.0677. The first kappa shape index (κ1) is 25.0. The van der Waals surface area contributed by atoms with E-state index in [1.165, 1.54) is 0 Å². The third kappa shape index (κ3) is 4.17. The molecule has 10 heteroatoms. The Bertz CT molecular complexity index is 1520. The van der Waals surface area contributed by atoms with Crippen LogP contribution in [0, 0.1) is 11.3 Å². The molecule has 4 aromatic heterocycles. The van der Waals surface area contributed by atoms with Crippen molar-refractivity contribution in [2.45, 2.75) is 71.8 Å². The molecular formula is C27H35N9O. The maximum Gasteiger partial charge on any atom is 0.252 e. The van der Waals surface area contributed by atoms with Crippen LogP contribution in [-0.2, 0) is 20.1 Å². The van der Waals surface area contributed by atoms with E-state index in [-0.39, 0.29) is 30.2 Å². The number of hydrogen-bond donors (Lipinski definition) is 0. The number of piperazine rings is 1. The molecule has 0 spiro atoms. The molecule has 0 radical (unpaired) electrons. The molecule has 0 N–H and O–H groups in total. The fraction of sp³-hybridized carbons (Fsp3) is 0.519. The summed E-state index contributed by atoms with van der Waals surface area (Å²) in [5.74, 6) is 1.05. The molecule has 0 aliphatic carbocycles. The van der Waals surface area contributed by atoms with Gasteiger partial charge in [-0.05, 0) is 38.8 Å². The Morgan fingerprint density at radius 3 is 2.68 bits per heavy atom. The lowest BCUT2D eigenvalue weighted by molar-refractivity contribution is 0.0953. The normalized spacial score (nSPS) is 19.5. The summed E-state index contributed by atoms with van der Waals surface area (Å²) in [6, 6.07) is 8.43. The second kappa shape index (κ2) is 9.98. The summed E-state index contributed by atoms with van der Waals surface area (Å²) in [5.41, 5.74) is 4.17. The topological polar surface area (TPSA) is 101 Å². The number of hydrogen-bond acceptors (Lipinski definition) is 7. The number of aryl methyl sites for hydroxylation is 2. The first-order chi connectivity index (χ1) is 17.9. The first-order valence-electron chi connectivity index (χ1n) is 13.2. The van der Waals surface area contributed by atoms with Crippen molar-refractivity contribution in [3.8, 4) is 6.07 Å². The Labute approximate surface area is 216 Å². The van der Waals surface area contributed by atoms with Gasteiger partial charge in [-0.2, -0.15) is 10.4 Å². The van der Waals surface area contributed by atoms with Crippen molar-refractivity contribution >= 4 is 27.9 Å². The van der Waals surface area contributed by atoms with Crippen molar-refractivity contribution in [2.24, 2.45) is 7.05 Å². The maximum atomic E-state index is 12.9. The van der Waals surface area contributed by atoms with Gasteiger partial charge >= 0.3 is 0 Å². The van der Waals surface area contributed by atoms with Crippen LogP contribution in [0.5, 0.6) is 0 Å². The fourth-order valence-corrected chi connectivity index (χ4v) is 5.82. The van der Waals surface area contributed by atoms with Crippen LogP contribution in [0.4, 0.5) is 5.69 Å². The van der Waals surface area contributed by atoms with Gasteiger partial charge in [-0.1, -0.05) is 13.8 Å². The lowest BCUT2D eigenvalue weighted by Crippen LogP contribution is -2.59. The van der Waals surface area contributed by atoms with Gasteiger partial charge in [0.25, 0.3) is 5.56 Å². The molecule has 4 aromatic rings. The average molecular weight is 502 g/mol. The van der Waals surface area contributed by atoms with E-state index in [9.17, 15) is 10.1 Å². The van der Waals surface area contributed by atoms with Crippen molar-refractivity contribution in [3.63, 3.8) is 0 Å². The molecule has 1 saturated heterocycles. The fourth-order valence-electron chi connectivity index (χ4n) is 5.82. The zero-order valence-electron chi connectivity index (χ0n) is 22.3. The molecule has 0 aromatic carbocycles. The summed E-state index contributed by atoms with van der Waals surface area (Å²) in [5, 5.41) is 13.9. The molecule has 1 unspecified atom stereocenters. The quantitative estimate of drug-likeness (QED) is 0.382. The monoisotopic (exact) mass is 501 g/mol. The molecule has 5 rings (SSSR count). The highest BCUT2D eigenvalue weighted by molar-refractivity contribution is 5.88. The van der Waals surface area contributed by atoms with E-state index < -0.39 is 0 Å². The van der Waals surface area contributed by atoms with Gasteiger partial charge < -0.3 is 14.0 Å². The largest absolute Gasteiger partial charge is 0.364 e. The number of nitriles is 1. The summed E-state index contributed by atoms with van der Waals surface area (Å²) in [7, 11) is 1.76. The molecule has 0 amide bonds. The lowest BCUT2D eigenvalue weighted by atomic mass is 9.99. The van der Waals surface area contributed by atoms with Gasteiger partial charge in [-0.15, -0.1) is 0 Å². The van der Waals surface area contributed by atoms with Gasteiger partial charge in [-0.3, -0.25) is 14.4 Å². The highest BCUT2D eigenvalue weighted by Gasteiger charge is 2.37. The highest BCUT2D eigenvalue weighted by atomic mass is 16.1. The van der Waals surface area contributed by atoms with E-state index in [0.717, 1.165) is 66.2 Å². The van der Waals surface area contributed by atoms with E-state index >= 15 is 0 Å². The molecule has 1 aliphatic heterocycles. The molecule has 0 bridgehead atoms. The maximum absolute atomic E-state index is 12.9. The number of imidazole rings is 1. The van der Waals surface area contributed by atoms with Crippen LogP contribution >= 0.6 is 0 Å². The summed E-state index contributed by atoms with van der Waals surface area (Å²) in [6.07, 6.45) is 5.53. The predicted molar refractivity (Wildman–Crippen MR) is 144 cm³/mol. The molecule has 1 fully saturated rings. The number of nitrogens with zero attached hydrogens (tertiary/aromatic N) is 9. The highest BCUT2D eigenvalue weighted by Crippen LogP contribution is 2.34. The molecule has 3 atom stereocenters. The smallest absolute Gasteiger partial charge is 0.252 e. The van der Waals surface area contributed by atoms with E-state index in [0.29, 0.717) is 0 Å². The number of rotatable bonds is 7. The number of pyridine rings is 2. The SMILES string of the molecule is CC[C@H]1CN(C(C)c2nc3cccnc3n2CC)[C@H](CC)CN1c1cc(=O)n(C)c2cn(CC#N)nc12. The Morgan fingerprint density at radius 2 is 1.97 bits per heavy atom. The molecule has 194 valence electrons. The van der Waals surface area contributed by atoms with Crippen LogP contribution in [0.1, 0.15) is 52.4 Å². The van der Waals surface area contributed by atoms with Crippen LogP contribution in [0.3, 0.4) is 0 Å². The van der Waals surface area contributed by atoms with Crippen molar-refractivity contribution in [3.05, 3.63) is 46.8 Å². The first-order valence-corrected chi connectivity index (χ1v) is 13.2. The molecular weight excluding hydrogens is 466 g/mol. The molecule has 0 saturated carbocycles. The number of anilines is 1. The average Bonchev–Trinajstić information content (AvgIpc) is 3.51. The third-order valence-electron chi connectivity index (χ3n) is 7.88. The second-order valence-electron chi connectivity index (χ2n) is 9.86. The minimum Gasteiger partial charge on any atom is -0.364 e. The molecule has 5 heterocycles. The van der Waals surface area contributed by atoms with E-state index in [4.69, 9.17) is 10.1 Å². The van der Waals surface area contributed by atoms with Gasteiger partial charge in [0.1, 0.15) is 23.4 Å². The summed E-state index contributed by atoms with van der Waals surface area (Å²) in [6.45, 7) is 11.4. The van der Waals surface area contributed by atoms with Crippen molar-refractivity contribution < 1.29 is 0 Å². The van der Waals surface area contributed by atoms with Crippen LogP contribution in [-0.4, -0.2) is 59.0 Å². The van der Waals surface area contributed by atoms with Crippen LogP contribution in [0.25, 0.3) is 22.2 Å². The Hall–Kier alpha value is -3.71. The van der Waals surface area contributed by atoms with Crippen molar-refractivity contribution in [2.75, 3.05) is 18.0 Å². The van der Waals surface area contributed by atoms with Gasteiger partial charge in [0.05, 0.1) is 29.5 Å².